The van der Waals surface area contributed by atoms with Crippen molar-refractivity contribution >= 4 is 28.2 Å². The van der Waals surface area contributed by atoms with Crippen molar-refractivity contribution in [3.05, 3.63) is 34.0 Å². The maximum absolute atomic E-state index is 12.2. The third-order valence-corrected chi connectivity index (χ3v) is 4.66. The molecular formula is C13H14N4O2S. The lowest BCUT2D eigenvalue weighted by Gasteiger charge is -2.06. The highest BCUT2D eigenvalue weighted by atomic mass is 32.1. The first-order chi connectivity index (χ1) is 9.58. The summed E-state index contributed by atoms with van der Waals surface area (Å²) in [6.45, 7) is 0. The first-order valence-electron chi connectivity index (χ1n) is 6.31. The SMILES string of the molecule is Cn1nccc1C(=O)Nc1sc2c(c1C(N)=O)CCC2. The molecule has 0 fully saturated rings. The van der Waals surface area contributed by atoms with E-state index in [1.807, 2.05) is 0 Å². The summed E-state index contributed by atoms with van der Waals surface area (Å²) in [6.07, 6.45) is 4.39. The number of hydrogen-bond acceptors (Lipinski definition) is 4. The summed E-state index contributed by atoms with van der Waals surface area (Å²) in [6, 6.07) is 1.63. The summed E-state index contributed by atoms with van der Waals surface area (Å²) in [5.41, 5.74) is 7.37. The molecule has 20 heavy (non-hydrogen) atoms. The van der Waals surface area contributed by atoms with Gasteiger partial charge in [0, 0.05) is 18.1 Å². The van der Waals surface area contributed by atoms with Gasteiger partial charge in [-0.05, 0) is 30.9 Å². The van der Waals surface area contributed by atoms with E-state index in [0.717, 1.165) is 29.7 Å². The van der Waals surface area contributed by atoms with E-state index < -0.39 is 5.91 Å². The predicted molar refractivity (Wildman–Crippen MR) is 76.0 cm³/mol. The molecule has 3 rings (SSSR count). The molecule has 0 atom stereocenters. The number of aryl methyl sites for hydroxylation is 2. The molecule has 6 nitrogen and oxygen atoms in total. The second kappa shape index (κ2) is 4.75. The van der Waals surface area contributed by atoms with Crippen LogP contribution >= 0.6 is 11.3 Å². The number of fused-ring (bicyclic) bond motifs is 1. The number of nitrogens with zero attached hydrogens (tertiary/aromatic N) is 2. The molecule has 0 bridgehead atoms. The molecule has 0 aliphatic heterocycles. The molecule has 0 saturated heterocycles. The fourth-order valence-corrected chi connectivity index (χ4v) is 3.81. The highest BCUT2D eigenvalue weighted by molar-refractivity contribution is 7.17. The van der Waals surface area contributed by atoms with Crippen LogP contribution in [0, 0.1) is 0 Å². The number of hydrogen-bond donors (Lipinski definition) is 2. The zero-order valence-corrected chi connectivity index (χ0v) is 11.8. The van der Waals surface area contributed by atoms with Crippen molar-refractivity contribution in [1.82, 2.24) is 9.78 Å². The molecular weight excluding hydrogens is 276 g/mol. The van der Waals surface area contributed by atoms with Crippen LogP contribution in [0.5, 0.6) is 0 Å². The largest absolute Gasteiger partial charge is 0.365 e. The fraction of sp³-hybridized carbons (Fsp3) is 0.308. The van der Waals surface area contributed by atoms with Crippen LogP contribution in [0.3, 0.4) is 0 Å². The van der Waals surface area contributed by atoms with E-state index in [0.29, 0.717) is 16.3 Å². The fourth-order valence-electron chi connectivity index (χ4n) is 2.52. The number of nitrogens with two attached hydrogens (primary N) is 1. The smallest absolute Gasteiger partial charge is 0.274 e. The Bertz CT molecular complexity index is 701. The number of carbonyl (C=O) groups excluding carboxylic acids is 2. The van der Waals surface area contributed by atoms with Crippen LogP contribution in [0.15, 0.2) is 12.3 Å². The van der Waals surface area contributed by atoms with Crippen molar-refractivity contribution in [2.45, 2.75) is 19.3 Å². The highest BCUT2D eigenvalue weighted by Gasteiger charge is 2.26. The standard InChI is InChI=1S/C13H14N4O2S/c1-17-8(5-6-15-17)12(19)16-13-10(11(14)18)7-3-2-4-9(7)20-13/h5-6H,2-4H2,1H3,(H2,14,18)(H,16,19). The van der Waals surface area contributed by atoms with E-state index in [1.54, 1.807) is 19.3 Å². The third kappa shape index (κ3) is 2.00. The van der Waals surface area contributed by atoms with Gasteiger partial charge in [0.25, 0.3) is 11.8 Å². The Balaban J connectivity index is 1.94. The summed E-state index contributed by atoms with van der Waals surface area (Å²) >= 11 is 1.45. The molecule has 0 aromatic carbocycles. The van der Waals surface area contributed by atoms with Gasteiger partial charge in [-0.25, -0.2) is 0 Å². The van der Waals surface area contributed by atoms with Gasteiger partial charge < -0.3 is 11.1 Å². The van der Waals surface area contributed by atoms with Crippen LogP contribution in [0.1, 0.15) is 37.7 Å². The Hall–Kier alpha value is -2.15. The van der Waals surface area contributed by atoms with Crippen LogP contribution < -0.4 is 11.1 Å². The van der Waals surface area contributed by atoms with Crippen LogP contribution in [0.4, 0.5) is 5.00 Å². The lowest BCUT2D eigenvalue weighted by atomic mass is 10.1. The molecule has 2 heterocycles. The minimum absolute atomic E-state index is 0.285. The van der Waals surface area contributed by atoms with Crippen LogP contribution in [0.25, 0.3) is 0 Å². The van der Waals surface area contributed by atoms with Gasteiger partial charge in [-0.2, -0.15) is 5.10 Å². The first kappa shape index (κ1) is 12.9. The Morgan fingerprint density at radius 1 is 1.45 bits per heavy atom. The van der Waals surface area contributed by atoms with Crippen molar-refractivity contribution in [3.63, 3.8) is 0 Å². The van der Waals surface area contributed by atoms with Crippen molar-refractivity contribution in [2.24, 2.45) is 12.8 Å². The maximum atomic E-state index is 12.2. The van der Waals surface area contributed by atoms with E-state index in [4.69, 9.17) is 5.73 Å². The average molecular weight is 290 g/mol. The highest BCUT2D eigenvalue weighted by Crippen LogP contribution is 2.38. The molecule has 104 valence electrons. The lowest BCUT2D eigenvalue weighted by Crippen LogP contribution is -2.19. The minimum Gasteiger partial charge on any atom is -0.365 e. The Morgan fingerprint density at radius 3 is 2.90 bits per heavy atom. The lowest BCUT2D eigenvalue weighted by molar-refractivity contribution is 0.100. The summed E-state index contributed by atoms with van der Waals surface area (Å²) in [5.74, 6) is -0.767. The zero-order chi connectivity index (χ0) is 14.3. The van der Waals surface area contributed by atoms with Crippen LogP contribution in [-0.2, 0) is 19.9 Å². The summed E-state index contributed by atoms with van der Waals surface area (Å²) < 4.78 is 1.49. The van der Waals surface area contributed by atoms with Gasteiger partial charge in [0.15, 0.2) is 0 Å². The van der Waals surface area contributed by atoms with E-state index >= 15 is 0 Å². The van der Waals surface area contributed by atoms with E-state index in [9.17, 15) is 9.59 Å². The molecule has 0 spiro atoms. The number of aromatic nitrogens is 2. The summed E-state index contributed by atoms with van der Waals surface area (Å²) in [7, 11) is 1.69. The number of anilines is 1. The molecule has 2 aromatic rings. The van der Waals surface area contributed by atoms with E-state index in [-0.39, 0.29) is 5.91 Å². The topological polar surface area (TPSA) is 90.0 Å². The van der Waals surface area contributed by atoms with Gasteiger partial charge in [-0.1, -0.05) is 0 Å². The molecule has 2 amide bonds. The Kier molecular flexibility index (Phi) is 3.06. The van der Waals surface area contributed by atoms with Crippen molar-refractivity contribution in [1.29, 1.82) is 0 Å². The number of rotatable bonds is 3. The van der Waals surface area contributed by atoms with E-state index in [2.05, 4.69) is 10.4 Å². The second-order valence-electron chi connectivity index (χ2n) is 4.72. The normalized spacial score (nSPS) is 13.2. The number of amides is 2. The number of thiophene rings is 1. The predicted octanol–water partition coefficient (Wildman–Crippen LogP) is 1.32. The number of primary amides is 1. The molecule has 0 saturated carbocycles. The Labute approximate surface area is 119 Å². The van der Waals surface area contributed by atoms with Crippen molar-refractivity contribution in [3.8, 4) is 0 Å². The second-order valence-corrected chi connectivity index (χ2v) is 5.83. The molecule has 1 aliphatic rings. The summed E-state index contributed by atoms with van der Waals surface area (Å²) in [5, 5.41) is 7.29. The molecule has 3 N–H and O–H groups in total. The molecule has 7 heteroatoms. The molecule has 2 aromatic heterocycles. The maximum Gasteiger partial charge on any atom is 0.274 e. The van der Waals surface area contributed by atoms with Gasteiger partial charge in [-0.3, -0.25) is 14.3 Å². The number of nitrogens with one attached hydrogen (secondary N) is 1. The van der Waals surface area contributed by atoms with Crippen molar-refractivity contribution in [2.75, 3.05) is 5.32 Å². The monoisotopic (exact) mass is 290 g/mol. The van der Waals surface area contributed by atoms with Gasteiger partial charge in [-0.15, -0.1) is 11.3 Å². The molecule has 0 radical (unpaired) electrons. The van der Waals surface area contributed by atoms with Crippen LogP contribution in [-0.4, -0.2) is 21.6 Å². The van der Waals surface area contributed by atoms with Gasteiger partial charge in [0.1, 0.15) is 10.7 Å². The number of carbonyl (C=O) groups is 2. The van der Waals surface area contributed by atoms with Gasteiger partial charge >= 0.3 is 0 Å². The van der Waals surface area contributed by atoms with E-state index in [1.165, 1.54) is 16.0 Å². The summed E-state index contributed by atoms with van der Waals surface area (Å²) in [4.78, 5) is 25.0. The quantitative estimate of drug-likeness (QED) is 0.893. The molecule has 0 unspecified atom stereocenters. The van der Waals surface area contributed by atoms with Crippen LogP contribution in [0.2, 0.25) is 0 Å². The molecule has 1 aliphatic carbocycles. The average Bonchev–Trinajstić information content (AvgIpc) is 3.03. The third-order valence-electron chi connectivity index (χ3n) is 3.45. The Morgan fingerprint density at radius 2 is 2.25 bits per heavy atom. The van der Waals surface area contributed by atoms with Gasteiger partial charge in [0.2, 0.25) is 0 Å². The van der Waals surface area contributed by atoms with Crippen molar-refractivity contribution < 1.29 is 9.59 Å². The minimum atomic E-state index is -0.482. The van der Waals surface area contributed by atoms with Gasteiger partial charge in [0.05, 0.1) is 5.56 Å². The zero-order valence-electron chi connectivity index (χ0n) is 11.0. The first-order valence-corrected chi connectivity index (χ1v) is 7.13.